The standard InChI is InChI=1S/C11H12Cl2N2O2/c12-7-1-2-8(13)9(5-7)15-11(16)10-6-17-4-3-14-10/h1-2,5,10,14H,3-4,6H2,(H,15,16). The van der Waals surface area contributed by atoms with Crippen LogP contribution in [0.3, 0.4) is 0 Å². The quantitative estimate of drug-likeness (QED) is 0.867. The van der Waals surface area contributed by atoms with E-state index >= 15 is 0 Å². The van der Waals surface area contributed by atoms with E-state index < -0.39 is 0 Å². The molecule has 1 heterocycles. The summed E-state index contributed by atoms with van der Waals surface area (Å²) in [7, 11) is 0. The maximum absolute atomic E-state index is 11.9. The van der Waals surface area contributed by atoms with Crippen molar-refractivity contribution < 1.29 is 9.53 Å². The van der Waals surface area contributed by atoms with E-state index in [4.69, 9.17) is 27.9 Å². The maximum Gasteiger partial charge on any atom is 0.243 e. The summed E-state index contributed by atoms with van der Waals surface area (Å²) in [5.41, 5.74) is 0.511. The van der Waals surface area contributed by atoms with Gasteiger partial charge in [-0.3, -0.25) is 4.79 Å². The molecule has 92 valence electrons. The third-order valence-electron chi connectivity index (χ3n) is 2.42. The first-order chi connectivity index (χ1) is 8.16. The second-order valence-corrected chi connectivity index (χ2v) is 4.54. The first-order valence-electron chi connectivity index (χ1n) is 5.24. The highest BCUT2D eigenvalue weighted by Crippen LogP contribution is 2.25. The minimum atomic E-state index is -0.348. The summed E-state index contributed by atoms with van der Waals surface area (Å²) in [6.07, 6.45) is 0. The molecule has 1 atom stereocenters. The number of ether oxygens (including phenoxy) is 1. The van der Waals surface area contributed by atoms with Gasteiger partial charge in [-0.05, 0) is 18.2 Å². The van der Waals surface area contributed by atoms with E-state index in [1.54, 1.807) is 18.2 Å². The van der Waals surface area contributed by atoms with Crippen LogP contribution in [-0.2, 0) is 9.53 Å². The van der Waals surface area contributed by atoms with Crippen molar-refractivity contribution in [2.75, 3.05) is 25.1 Å². The number of carbonyl (C=O) groups is 1. The molecule has 1 saturated heterocycles. The van der Waals surface area contributed by atoms with Crippen LogP contribution in [0.2, 0.25) is 10.0 Å². The van der Waals surface area contributed by atoms with Crippen molar-refractivity contribution >= 4 is 34.8 Å². The fourth-order valence-electron chi connectivity index (χ4n) is 1.55. The largest absolute Gasteiger partial charge is 0.378 e. The van der Waals surface area contributed by atoms with Gasteiger partial charge in [-0.1, -0.05) is 23.2 Å². The zero-order chi connectivity index (χ0) is 12.3. The Labute approximate surface area is 109 Å². The first kappa shape index (κ1) is 12.6. The van der Waals surface area contributed by atoms with E-state index in [2.05, 4.69) is 10.6 Å². The van der Waals surface area contributed by atoms with E-state index in [-0.39, 0.29) is 11.9 Å². The molecule has 1 fully saturated rings. The average molecular weight is 275 g/mol. The van der Waals surface area contributed by atoms with Gasteiger partial charge in [-0.15, -0.1) is 0 Å². The van der Waals surface area contributed by atoms with Crippen molar-refractivity contribution in [3.05, 3.63) is 28.2 Å². The Morgan fingerprint density at radius 2 is 2.29 bits per heavy atom. The molecule has 1 aliphatic heterocycles. The van der Waals surface area contributed by atoms with Gasteiger partial charge in [0.05, 0.1) is 23.9 Å². The molecule has 17 heavy (non-hydrogen) atoms. The SMILES string of the molecule is O=C(Nc1cc(Cl)ccc1Cl)C1COCCN1. The number of anilines is 1. The number of halogens is 2. The van der Waals surface area contributed by atoms with E-state index in [1.165, 1.54) is 0 Å². The molecule has 1 aromatic rings. The minimum absolute atomic E-state index is 0.172. The average Bonchev–Trinajstić information content (AvgIpc) is 2.35. The number of carbonyl (C=O) groups excluding carboxylic acids is 1. The normalized spacial score (nSPS) is 20.0. The van der Waals surface area contributed by atoms with E-state index in [0.717, 1.165) is 0 Å². The minimum Gasteiger partial charge on any atom is -0.378 e. The lowest BCUT2D eigenvalue weighted by Crippen LogP contribution is -2.48. The smallest absolute Gasteiger partial charge is 0.243 e. The molecule has 1 unspecified atom stereocenters. The molecule has 4 nitrogen and oxygen atoms in total. The van der Waals surface area contributed by atoms with E-state index in [9.17, 15) is 4.79 Å². The van der Waals surface area contributed by atoms with Gasteiger partial charge in [0.1, 0.15) is 6.04 Å². The number of benzene rings is 1. The third-order valence-corrected chi connectivity index (χ3v) is 2.99. The number of hydrogen-bond donors (Lipinski definition) is 2. The summed E-state index contributed by atoms with van der Waals surface area (Å²) in [4.78, 5) is 11.9. The number of amides is 1. The predicted octanol–water partition coefficient (Wildman–Crippen LogP) is 1.92. The molecule has 6 heteroatoms. The van der Waals surface area contributed by atoms with Gasteiger partial charge in [-0.25, -0.2) is 0 Å². The summed E-state index contributed by atoms with van der Waals surface area (Å²) in [5.74, 6) is -0.172. The van der Waals surface area contributed by atoms with Crippen LogP contribution >= 0.6 is 23.2 Å². The van der Waals surface area contributed by atoms with Gasteiger partial charge in [-0.2, -0.15) is 0 Å². The third kappa shape index (κ3) is 3.33. The highest BCUT2D eigenvalue weighted by atomic mass is 35.5. The topological polar surface area (TPSA) is 50.4 Å². The van der Waals surface area contributed by atoms with Gasteiger partial charge in [0.25, 0.3) is 0 Å². The monoisotopic (exact) mass is 274 g/mol. The van der Waals surface area contributed by atoms with Crippen LogP contribution in [-0.4, -0.2) is 31.7 Å². The Morgan fingerprint density at radius 1 is 1.47 bits per heavy atom. The van der Waals surface area contributed by atoms with Gasteiger partial charge < -0.3 is 15.4 Å². The second-order valence-electron chi connectivity index (χ2n) is 3.70. The molecule has 0 spiro atoms. The molecule has 0 aliphatic carbocycles. The summed E-state index contributed by atoms with van der Waals surface area (Å²) in [5, 5.41) is 6.77. The second kappa shape index (κ2) is 5.69. The van der Waals surface area contributed by atoms with Crippen molar-refractivity contribution in [1.29, 1.82) is 0 Å². The van der Waals surface area contributed by atoms with Crippen molar-refractivity contribution in [3.8, 4) is 0 Å². The van der Waals surface area contributed by atoms with Crippen LogP contribution in [0.4, 0.5) is 5.69 Å². The first-order valence-corrected chi connectivity index (χ1v) is 5.99. The Kier molecular flexibility index (Phi) is 4.23. The zero-order valence-electron chi connectivity index (χ0n) is 9.00. The van der Waals surface area contributed by atoms with Gasteiger partial charge in [0.2, 0.25) is 5.91 Å². The molecule has 1 aliphatic rings. The zero-order valence-corrected chi connectivity index (χ0v) is 10.5. The molecular formula is C11H12Cl2N2O2. The van der Waals surface area contributed by atoms with Crippen LogP contribution in [0.25, 0.3) is 0 Å². The van der Waals surface area contributed by atoms with Crippen LogP contribution in [0.1, 0.15) is 0 Å². The highest BCUT2D eigenvalue weighted by Gasteiger charge is 2.21. The van der Waals surface area contributed by atoms with Gasteiger partial charge in [0, 0.05) is 11.6 Å². The lowest BCUT2D eigenvalue weighted by molar-refractivity contribution is -0.120. The summed E-state index contributed by atoms with van der Waals surface area (Å²) in [6, 6.07) is 4.58. The fourth-order valence-corrected chi connectivity index (χ4v) is 1.88. The highest BCUT2D eigenvalue weighted by molar-refractivity contribution is 6.35. The number of hydrogen-bond acceptors (Lipinski definition) is 3. The van der Waals surface area contributed by atoms with Crippen molar-refractivity contribution in [2.24, 2.45) is 0 Å². The Morgan fingerprint density at radius 3 is 3.00 bits per heavy atom. The maximum atomic E-state index is 11.9. The summed E-state index contributed by atoms with van der Waals surface area (Å²) < 4.78 is 5.21. The van der Waals surface area contributed by atoms with Gasteiger partial charge in [0.15, 0.2) is 0 Å². The van der Waals surface area contributed by atoms with Crippen LogP contribution in [0.5, 0.6) is 0 Å². The molecule has 2 rings (SSSR count). The molecule has 0 aromatic heterocycles. The molecular weight excluding hydrogens is 263 g/mol. The summed E-state index contributed by atoms with van der Waals surface area (Å²) in [6.45, 7) is 1.66. The van der Waals surface area contributed by atoms with Crippen LogP contribution < -0.4 is 10.6 Å². The van der Waals surface area contributed by atoms with Crippen molar-refractivity contribution in [2.45, 2.75) is 6.04 Å². The van der Waals surface area contributed by atoms with Gasteiger partial charge >= 0.3 is 0 Å². The van der Waals surface area contributed by atoms with E-state index in [0.29, 0.717) is 35.5 Å². The predicted molar refractivity (Wildman–Crippen MR) is 67.7 cm³/mol. The van der Waals surface area contributed by atoms with Crippen molar-refractivity contribution in [3.63, 3.8) is 0 Å². The van der Waals surface area contributed by atoms with Crippen molar-refractivity contribution in [1.82, 2.24) is 5.32 Å². The molecule has 0 radical (unpaired) electrons. The lowest BCUT2D eigenvalue weighted by atomic mass is 10.2. The Hall–Kier alpha value is -0.810. The Balaban J connectivity index is 2.04. The lowest BCUT2D eigenvalue weighted by Gasteiger charge is -2.23. The molecule has 1 aromatic carbocycles. The molecule has 0 bridgehead atoms. The molecule has 1 amide bonds. The number of morpholine rings is 1. The Bertz CT molecular complexity index is 420. The fraction of sp³-hybridized carbons (Fsp3) is 0.364. The summed E-state index contributed by atoms with van der Waals surface area (Å²) >= 11 is 11.8. The van der Waals surface area contributed by atoms with Crippen LogP contribution in [0.15, 0.2) is 18.2 Å². The van der Waals surface area contributed by atoms with Crippen LogP contribution in [0, 0.1) is 0 Å². The molecule has 0 saturated carbocycles. The molecule has 2 N–H and O–H groups in total. The number of nitrogens with one attached hydrogen (secondary N) is 2. The number of rotatable bonds is 2. The van der Waals surface area contributed by atoms with E-state index in [1.807, 2.05) is 0 Å².